The van der Waals surface area contributed by atoms with Gasteiger partial charge in [-0.15, -0.1) is 0 Å². The molecule has 0 nitrogen and oxygen atoms in total. The molecule has 0 unspecified atom stereocenters. The lowest BCUT2D eigenvalue weighted by molar-refractivity contribution is 1.40. The first-order valence-electron chi connectivity index (χ1n) is 14.0. The van der Waals surface area contributed by atoms with Crippen LogP contribution in [0.5, 0.6) is 0 Å². The predicted octanol–water partition coefficient (Wildman–Crippen LogP) is 8.21. The number of allylic oxidation sites excluding steroid dienone is 1. The summed E-state index contributed by atoms with van der Waals surface area (Å²) in [6, 6.07) is 45.3. The Morgan fingerprint density at radius 1 is 0.525 bits per heavy atom. The van der Waals surface area contributed by atoms with Gasteiger partial charge in [0.1, 0.15) is 0 Å². The molecule has 0 atom stereocenters. The van der Waals surface area contributed by atoms with Crippen molar-refractivity contribution >= 4 is 48.4 Å². The Hall–Kier alpha value is -3.30. The molecule has 0 aliphatic carbocycles. The Kier molecular flexibility index (Phi) is 9.11. The molecule has 0 aliphatic rings. The van der Waals surface area contributed by atoms with Gasteiger partial charge in [0.25, 0.3) is 0 Å². The fourth-order valence-electron chi connectivity index (χ4n) is 5.51. The Morgan fingerprint density at radius 3 is 1.43 bits per heavy atom. The van der Waals surface area contributed by atoms with E-state index < -0.39 is 15.8 Å². The van der Waals surface area contributed by atoms with Gasteiger partial charge >= 0.3 is 0 Å². The van der Waals surface area contributed by atoms with Crippen LogP contribution < -0.4 is 26.5 Å². The summed E-state index contributed by atoms with van der Waals surface area (Å²) in [7, 11) is -1.19. The van der Waals surface area contributed by atoms with Crippen LogP contribution in [0.1, 0.15) is 34.7 Å². The SMILES string of the molecule is C/C(=C\c1ccccc1P(c1cc(C)cc(C)c1)c1cc(C)cc(C)c1)CP(c1ccccc1)c1ccccc1. The third kappa shape index (κ3) is 6.88. The molecule has 0 heterocycles. The highest BCUT2D eigenvalue weighted by atomic mass is 31.1. The van der Waals surface area contributed by atoms with E-state index in [1.165, 1.54) is 59.9 Å². The van der Waals surface area contributed by atoms with Crippen molar-refractivity contribution in [1.29, 1.82) is 0 Å². The van der Waals surface area contributed by atoms with Gasteiger partial charge in [0.15, 0.2) is 0 Å². The van der Waals surface area contributed by atoms with Crippen molar-refractivity contribution in [3.8, 4) is 0 Å². The van der Waals surface area contributed by atoms with E-state index >= 15 is 0 Å². The third-order valence-corrected chi connectivity index (χ3v) is 12.1. The van der Waals surface area contributed by atoms with Crippen LogP contribution in [0.2, 0.25) is 0 Å². The van der Waals surface area contributed by atoms with E-state index in [-0.39, 0.29) is 0 Å². The predicted molar refractivity (Wildman–Crippen MR) is 182 cm³/mol. The zero-order chi connectivity index (χ0) is 28.1. The molecule has 0 spiro atoms. The molecule has 0 radical (unpaired) electrons. The maximum Gasteiger partial charge on any atom is -0.00333 e. The third-order valence-electron chi connectivity index (χ3n) is 7.05. The molecule has 5 rings (SSSR count). The van der Waals surface area contributed by atoms with Gasteiger partial charge in [-0.2, -0.15) is 0 Å². The van der Waals surface area contributed by atoms with Crippen LogP contribution in [0.4, 0.5) is 0 Å². The number of hydrogen-bond acceptors (Lipinski definition) is 0. The summed E-state index contributed by atoms with van der Waals surface area (Å²) in [5.74, 6) is 0. The second-order valence-corrected chi connectivity index (χ2v) is 15.2. The van der Waals surface area contributed by atoms with Crippen molar-refractivity contribution in [2.45, 2.75) is 34.6 Å². The lowest BCUT2D eigenvalue weighted by atomic mass is 10.1. The Morgan fingerprint density at radius 2 is 0.950 bits per heavy atom. The molecule has 0 amide bonds. The molecule has 0 aromatic heterocycles. The first-order valence-corrected chi connectivity index (χ1v) is 16.8. The normalized spacial score (nSPS) is 11.8. The average molecular weight is 557 g/mol. The van der Waals surface area contributed by atoms with Crippen LogP contribution in [0.25, 0.3) is 6.08 Å². The van der Waals surface area contributed by atoms with Crippen molar-refractivity contribution in [2.75, 3.05) is 6.16 Å². The summed E-state index contributed by atoms with van der Waals surface area (Å²) in [6.07, 6.45) is 3.50. The molecule has 0 saturated carbocycles. The van der Waals surface area contributed by atoms with E-state index in [1.807, 2.05) is 0 Å². The van der Waals surface area contributed by atoms with Crippen LogP contribution in [-0.4, -0.2) is 6.16 Å². The molecule has 200 valence electrons. The molecule has 0 aliphatic heterocycles. The molecular formula is C38H38P2. The van der Waals surface area contributed by atoms with E-state index in [1.54, 1.807) is 0 Å². The Balaban J connectivity index is 1.60. The Labute approximate surface area is 243 Å². The van der Waals surface area contributed by atoms with Crippen LogP contribution in [0.3, 0.4) is 0 Å². The molecule has 0 fully saturated rings. The standard InChI is InChI=1S/C38H38P2/c1-28-20-29(2)24-36(23-28)40(37-25-30(3)21-31(4)26-37)38-19-13-12-14-33(38)22-32(5)27-39(34-15-8-6-9-16-34)35-17-10-7-11-18-35/h6-26H,27H2,1-5H3/b32-22+. The van der Waals surface area contributed by atoms with E-state index in [4.69, 9.17) is 0 Å². The van der Waals surface area contributed by atoms with Crippen molar-refractivity contribution in [3.63, 3.8) is 0 Å². The van der Waals surface area contributed by atoms with Gasteiger partial charge < -0.3 is 0 Å². The largest absolute Gasteiger partial charge is 0.0678 e. The average Bonchev–Trinajstić information content (AvgIpc) is 2.93. The van der Waals surface area contributed by atoms with Crippen LogP contribution in [0, 0.1) is 27.7 Å². The van der Waals surface area contributed by atoms with Crippen LogP contribution >= 0.6 is 15.8 Å². The van der Waals surface area contributed by atoms with Crippen molar-refractivity contribution in [2.24, 2.45) is 0 Å². The number of aryl methyl sites for hydroxylation is 4. The molecule has 0 bridgehead atoms. The highest BCUT2D eigenvalue weighted by Gasteiger charge is 2.21. The monoisotopic (exact) mass is 556 g/mol. The fourth-order valence-corrected chi connectivity index (χ4v) is 10.6. The smallest absolute Gasteiger partial charge is 0.00333 e. The van der Waals surface area contributed by atoms with E-state index in [0.29, 0.717) is 0 Å². The highest BCUT2D eigenvalue weighted by Crippen LogP contribution is 2.38. The summed E-state index contributed by atoms with van der Waals surface area (Å²) in [5.41, 5.74) is 8.06. The molecule has 5 aromatic rings. The van der Waals surface area contributed by atoms with Gasteiger partial charge in [-0.05, 0) is 88.7 Å². The zero-order valence-electron chi connectivity index (χ0n) is 24.2. The zero-order valence-corrected chi connectivity index (χ0v) is 26.0. The van der Waals surface area contributed by atoms with Gasteiger partial charge in [0.05, 0.1) is 0 Å². The number of rotatable bonds is 8. The highest BCUT2D eigenvalue weighted by molar-refractivity contribution is 7.80. The molecule has 40 heavy (non-hydrogen) atoms. The van der Waals surface area contributed by atoms with Gasteiger partial charge in [-0.3, -0.25) is 0 Å². The van der Waals surface area contributed by atoms with E-state index in [2.05, 4.69) is 162 Å². The molecule has 0 saturated heterocycles. The van der Waals surface area contributed by atoms with Gasteiger partial charge in [0.2, 0.25) is 0 Å². The summed E-state index contributed by atoms with van der Waals surface area (Å²) < 4.78 is 0. The quantitative estimate of drug-likeness (QED) is 0.169. The van der Waals surface area contributed by atoms with E-state index in [9.17, 15) is 0 Å². The number of benzene rings is 5. The van der Waals surface area contributed by atoms with Crippen molar-refractivity contribution in [1.82, 2.24) is 0 Å². The van der Waals surface area contributed by atoms with Gasteiger partial charge in [0, 0.05) is 0 Å². The van der Waals surface area contributed by atoms with Crippen molar-refractivity contribution in [3.05, 3.63) is 155 Å². The van der Waals surface area contributed by atoms with Crippen LogP contribution in [0.15, 0.2) is 127 Å². The minimum atomic E-state index is -0.709. The molecular weight excluding hydrogens is 518 g/mol. The van der Waals surface area contributed by atoms with Crippen LogP contribution in [-0.2, 0) is 0 Å². The first kappa shape index (κ1) is 28.2. The fraction of sp³-hybridized carbons (Fsp3) is 0.158. The molecule has 0 N–H and O–H groups in total. The lowest BCUT2D eigenvalue weighted by Crippen LogP contribution is -2.23. The summed E-state index contributed by atoms with van der Waals surface area (Å²) >= 11 is 0. The topological polar surface area (TPSA) is 0 Å². The maximum atomic E-state index is 2.46. The second kappa shape index (κ2) is 12.9. The second-order valence-electron chi connectivity index (χ2n) is 10.8. The summed E-state index contributed by atoms with van der Waals surface area (Å²) in [5, 5.41) is 7.13. The summed E-state index contributed by atoms with van der Waals surface area (Å²) in [6.45, 7) is 11.2. The lowest BCUT2D eigenvalue weighted by Gasteiger charge is -2.24. The van der Waals surface area contributed by atoms with Gasteiger partial charge in [-0.1, -0.05) is 155 Å². The van der Waals surface area contributed by atoms with Crippen molar-refractivity contribution < 1.29 is 0 Å². The number of hydrogen-bond donors (Lipinski definition) is 0. The minimum Gasteiger partial charge on any atom is -0.0678 e. The minimum absolute atomic E-state index is 0.479. The van der Waals surface area contributed by atoms with E-state index in [0.717, 1.165) is 6.16 Å². The maximum absolute atomic E-state index is 2.46. The Bertz CT molecular complexity index is 1490. The summed E-state index contributed by atoms with van der Waals surface area (Å²) in [4.78, 5) is 0. The van der Waals surface area contributed by atoms with Gasteiger partial charge in [-0.25, -0.2) is 0 Å². The first-order chi connectivity index (χ1) is 19.4. The molecule has 2 heteroatoms. The molecule has 5 aromatic carbocycles.